The fourth-order valence-corrected chi connectivity index (χ4v) is 3.66. The van der Waals surface area contributed by atoms with Gasteiger partial charge in [-0.2, -0.15) is 13.9 Å². The monoisotopic (exact) mass is 392 g/mol. The highest BCUT2D eigenvalue weighted by Crippen LogP contribution is 2.27. The third-order valence-electron chi connectivity index (χ3n) is 3.37. The quantitative estimate of drug-likeness (QED) is 0.464. The Labute approximate surface area is 157 Å². The van der Waals surface area contributed by atoms with Gasteiger partial charge in [0.2, 0.25) is 5.91 Å². The zero-order valence-corrected chi connectivity index (χ0v) is 15.0. The summed E-state index contributed by atoms with van der Waals surface area (Å²) in [4.78, 5) is 16.6. The number of rotatable bonds is 6. The van der Waals surface area contributed by atoms with Gasteiger partial charge < -0.3 is 5.32 Å². The summed E-state index contributed by atoms with van der Waals surface area (Å²) in [5.74, 6) is -2.59. The molecule has 1 fully saturated rings. The van der Waals surface area contributed by atoms with E-state index in [1.807, 2.05) is 6.07 Å². The molecule has 1 atom stereocenters. The normalized spacial score (nSPS) is 18.8. The van der Waals surface area contributed by atoms with Crippen LogP contribution < -0.4 is 5.32 Å². The van der Waals surface area contributed by atoms with Crippen molar-refractivity contribution in [3.8, 4) is 0 Å². The van der Waals surface area contributed by atoms with Crippen LogP contribution >= 0.6 is 23.5 Å². The Morgan fingerprint density at radius 2 is 2.08 bits per heavy atom. The predicted octanol–water partition coefficient (Wildman–Crippen LogP) is 3.56. The molecule has 1 unspecified atom stereocenters. The lowest BCUT2D eigenvalue weighted by Gasteiger charge is -2.06. The molecule has 0 saturated carbocycles. The molecule has 134 valence electrons. The van der Waals surface area contributed by atoms with E-state index in [4.69, 9.17) is 0 Å². The summed E-state index contributed by atoms with van der Waals surface area (Å²) >= 11 is 1.79. The van der Waals surface area contributed by atoms with Crippen molar-refractivity contribution in [2.45, 2.75) is 22.3 Å². The Balaban J connectivity index is 1.57. The van der Waals surface area contributed by atoms with Gasteiger partial charge in [0.05, 0.1) is 17.2 Å². The summed E-state index contributed by atoms with van der Waals surface area (Å²) in [5, 5.41) is 10.7. The number of thioether (sulfide) groups is 2. The molecule has 0 spiro atoms. The van der Waals surface area contributed by atoms with Gasteiger partial charge in [-0.05, 0) is 36.2 Å². The molecule has 1 aliphatic rings. The number of hydrogen-bond acceptors (Lipinski definition) is 6. The van der Waals surface area contributed by atoms with E-state index in [0.29, 0.717) is 33.9 Å². The molecule has 26 heavy (non-hydrogen) atoms. The first kappa shape index (κ1) is 18.5. The average molecular weight is 392 g/mol. The minimum Gasteiger partial charge on any atom is -0.303 e. The summed E-state index contributed by atoms with van der Waals surface area (Å²) in [5.41, 5.74) is 1.57. The van der Waals surface area contributed by atoms with Gasteiger partial charge in [-0.3, -0.25) is 9.78 Å². The number of halogens is 2. The van der Waals surface area contributed by atoms with Crippen molar-refractivity contribution in [2.75, 3.05) is 0 Å². The van der Waals surface area contributed by atoms with Crippen molar-refractivity contribution >= 4 is 40.8 Å². The molecule has 1 aromatic carbocycles. The van der Waals surface area contributed by atoms with Crippen molar-refractivity contribution in [3.63, 3.8) is 0 Å². The third kappa shape index (κ3) is 5.37. The Hall–Kier alpha value is -2.26. The largest absolute Gasteiger partial charge is 0.303 e. The van der Waals surface area contributed by atoms with Crippen LogP contribution in [0.3, 0.4) is 0 Å². The van der Waals surface area contributed by atoms with Crippen LogP contribution in [0.5, 0.6) is 0 Å². The molecule has 5 nitrogen and oxygen atoms in total. The number of nitrogens with zero attached hydrogens (tertiary/aromatic N) is 3. The fraction of sp³-hybridized carbons (Fsp3) is 0.176. The standard InChI is InChI=1S/C17H14F2N4OS2/c18-16(19)25-13-6-4-11(5-7-13)9-14-15(24)22-17(26-14)23-21-10-12-3-1-2-8-20-12/h1-8,10,14,16H,9H2,(H,22,23,24)/b21-10+. The lowest BCUT2D eigenvalue weighted by Crippen LogP contribution is -2.25. The maximum Gasteiger partial charge on any atom is 0.288 e. The smallest absolute Gasteiger partial charge is 0.288 e. The molecular weight excluding hydrogens is 378 g/mol. The first-order valence-corrected chi connectivity index (χ1v) is 9.39. The molecule has 1 aliphatic heterocycles. The Bertz CT molecular complexity index is 813. The highest BCUT2D eigenvalue weighted by molar-refractivity contribution is 8.15. The molecule has 0 bridgehead atoms. The van der Waals surface area contributed by atoms with E-state index >= 15 is 0 Å². The van der Waals surface area contributed by atoms with Crippen LogP contribution in [0.25, 0.3) is 0 Å². The maximum atomic E-state index is 12.3. The number of hydrogen-bond donors (Lipinski definition) is 1. The van der Waals surface area contributed by atoms with Crippen LogP contribution in [0, 0.1) is 0 Å². The highest BCUT2D eigenvalue weighted by Gasteiger charge is 2.30. The van der Waals surface area contributed by atoms with Crippen LogP contribution in [0.2, 0.25) is 0 Å². The highest BCUT2D eigenvalue weighted by atomic mass is 32.2. The molecule has 1 amide bonds. The van der Waals surface area contributed by atoms with E-state index in [1.165, 1.54) is 18.0 Å². The molecule has 3 rings (SSSR count). The fourth-order valence-electron chi connectivity index (χ4n) is 2.20. The molecule has 2 heterocycles. The first-order valence-electron chi connectivity index (χ1n) is 7.63. The van der Waals surface area contributed by atoms with Gasteiger partial charge in [-0.15, -0.1) is 5.10 Å². The van der Waals surface area contributed by atoms with Crippen LogP contribution in [0.15, 0.2) is 63.8 Å². The molecule has 9 heteroatoms. The molecule has 1 aromatic heterocycles. The second-order valence-corrected chi connectivity index (χ2v) is 7.48. The first-order chi connectivity index (χ1) is 12.6. The number of benzene rings is 1. The zero-order chi connectivity index (χ0) is 18.4. The van der Waals surface area contributed by atoms with E-state index in [9.17, 15) is 13.6 Å². The van der Waals surface area contributed by atoms with E-state index in [0.717, 1.165) is 5.56 Å². The van der Waals surface area contributed by atoms with Gasteiger partial charge in [0, 0.05) is 11.1 Å². The second-order valence-electron chi connectivity index (χ2n) is 5.23. The number of aromatic nitrogens is 1. The maximum absolute atomic E-state index is 12.3. The van der Waals surface area contributed by atoms with Crippen LogP contribution in [0.1, 0.15) is 11.3 Å². The summed E-state index contributed by atoms with van der Waals surface area (Å²) in [6, 6.07) is 12.2. The van der Waals surface area contributed by atoms with Crippen LogP contribution in [-0.2, 0) is 11.2 Å². The van der Waals surface area contributed by atoms with Crippen LogP contribution in [0.4, 0.5) is 8.78 Å². The SMILES string of the molecule is O=C1N/C(=N\N=C\c2ccccn2)SC1Cc1ccc(SC(F)F)cc1. The summed E-state index contributed by atoms with van der Waals surface area (Å²) in [7, 11) is 0. The minimum absolute atomic E-state index is 0.146. The summed E-state index contributed by atoms with van der Waals surface area (Å²) < 4.78 is 24.7. The van der Waals surface area contributed by atoms with Crippen molar-refractivity contribution in [2.24, 2.45) is 10.2 Å². The number of amides is 1. The van der Waals surface area contributed by atoms with Crippen molar-refractivity contribution in [3.05, 3.63) is 59.9 Å². The Kier molecular flexibility index (Phi) is 6.35. The molecule has 0 radical (unpaired) electrons. The molecule has 1 N–H and O–H groups in total. The molecule has 0 aliphatic carbocycles. The minimum atomic E-state index is -2.44. The number of pyridine rings is 1. The number of carbonyl (C=O) groups excluding carboxylic acids is 1. The van der Waals surface area contributed by atoms with Gasteiger partial charge in [0.1, 0.15) is 0 Å². The lowest BCUT2D eigenvalue weighted by atomic mass is 10.1. The van der Waals surface area contributed by atoms with Gasteiger partial charge in [-0.25, -0.2) is 0 Å². The molecule has 1 saturated heterocycles. The van der Waals surface area contributed by atoms with E-state index in [-0.39, 0.29) is 11.2 Å². The number of carbonyl (C=O) groups is 1. The topological polar surface area (TPSA) is 66.7 Å². The molecular formula is C17H14F2N4OS2. The summed E-state index contributed by atoms with van der Waals surface area (Å²) in [6.07, 6.45) is 3.65. The molecule has 2 aromatic rings. The Morgan fingerprint density at radius 3 is 2.77 bits per heavy atom. The van der Waals surface area contributed by atoms with Crippen LogP contribution in [-0.4, -0.2) is 33.3 Å². The predicted molar refractivity (Wildman–Crippen MR) is 101 cm³/mol. The van der Waals surface area contributed by atoms with Gasteiger partial charge in [-0.1, -0.05) is 41.7 Å². The zero-order valence-electron chi connectivity index (χ0n) is 13.4. The van der Waals surface area contributed by atoms with Crippen molar-refractivity contribution in [1.82, 2.24) is 10.3 Å². The lowest BCUT2D eigenvalue weighted by molar-refractivity contribution is -0.118. The number of amidine groups is 1. The van der Waals surface area contributed by atoms with Gasteiger partial charge in [0.15, 0.2) is 5.17 Å². The van der Waals surface area contributed by atoms with Crippen molar-refractivity contribution < 1.29 is 13.6 Å². The number of alkyl halides is 2. The van der Waals surface area contributed by atoms with Crippen molar-refractivity contribution in [1.29, 1.82) is 0 Å². The van der Waals surface area contributed by atoms with Gasteiger partial charge >= 0.3 is 0 Å². The summed E-state index contributed by atoms with van der Waals surface area (Å²) in [6.45, 7) is 0. The van der Waals surface area contributed by atoms with E-state index in [2.05, 4.69) is 20.5 Å². The van der Waals surface area contributed by atoms with E-state index < -0.39 is 5.76 Å². The van der Waals surface area contributed by atoms with E-state index in [1.54, 1.807) is 42.6 Å². The average Bonchev–Trinajstić information content (AvgIpc) is 2.97. The third-order valence-corrected chi connectivity index (χ3v) is 5.17. The van der Waals surface area contributed by atoms with Gasteiger partial charge in [0.25, 0.3) is 5.76 Å². The Morgan fingerprint density at radius 1 is 1.27 bits per heavy atom. The number of nitrogens with one attached hydrogen (secondary N) is 1. The second kappa shape index (κ2) is 8.91.